The van der Waals surface area contributed by atoms with E-state index in [1.807, 2.05) is 4.90 Å². The van der Waals surface area contributed by atoms with E-state index in [4.69, 9.17) is 10.00 Å². The number of hydrogen-bond acceptors (Lipinski definition) is 4. The molecule has 2 aliphatic rings. The number of nitrogens with one attached hydrogen (secondary N) is 1. The smallest absolute Gasteiger partial charge is 0.251 e. The van der Waals surface area contributed by atoms with Gasteiger partial charge in [-0.05, 0) is 37.8 Å². The highest BCUT2D eigenvalue weighted by Gasteiger charge is 2.32. The van der Waals surface area contributed by atoms with Gasteiger partial charge in [-0.15, -0.1) is 0 Å². The van der Waals surface area contributed by atoms with Gasteiger partial charge in [0.1, 0.15) is 12.2 Å². The molecule has 3 rings (SSSR count). The summed E-state index contributed by atoms with van der Waals surface area (Å²) in [7, 11) is 0. The summed E-state index contributed by atoms with van der Waals surface area (Å²) in [6.07, 6.45) is 2.72. The van der Waals surface area contributed by atoms with E-state index in [0.29, 0.717) is 43.8 Å². The second-order valence-corrected chi connectivity index (χ2v) is 6.25. The lowest BCUT2D eigenvalue weighted by atomic mass is 9.95. The molecule has 2 fully saturated rings. The predicted octanol–water partition coefficient (Wildman–Crippen LogP) is 1.91. The van der Waals surface area contributed by atoms with Crippen molar-refractivity contribution >= 4 is 17.5 Å². The van der Waals surface area contributed by atoms with Crippen LogP contribution >= 0.6 is 0 Å². The molecule has 1 N–H and O–H groups in total. The normalized spacial score (nSPS) is 21.3. The molecule has 126 valence electrons. The molecule has 0 bridgehead atoms. The van der Waals surface area contributed by atoms with Gasteiger partial charge in [0.05, 0.1) is 11.3 Å². The molecule has 1 atom stereocenters. The van der Waals surface area contributed by atoms with E-state index in [-0.39, 0.29) is 23.8 Å². The van der Waals surface area contributed by atoms with Gasteiger partial charge >= 0.3 is 0 Å². The summed E-state index contributed by atoms with van der Waals surface area (Å²) in [5.41, 5.74) is 1.000. The Hall–Kier alpha value is -2.39. The first-order valence-electron chi connectivity index (χ1n) is 8.39. The number of nitrogens with zero attached hydrogens (tertiary/aromatic N) is 2. The minimum atomic E-state index is -0.294. The Kier molecular flexibility index (Phi) is 5.11. The van der Waals surface area contributed by atoms with Crippen LogP contribution in [0.25, 0.3) is 0 Å². The van der Waals surface area contributed by atoms with Crippen molar-refractivity contribution in [3.63, 3.8) is 0 Å². The number of carbonyl (C=O) groups excluding carboxylic acids is 2. The molecular formula is C18H21N3O3. The fraction of sp³-hybridized carbons (Fsp3) is 0.500. The Labute approximate surface area is 141 Å². The van der Waals surface area contributed by atoms with Gasteiger partial charge in [-0.25, -0.2) is 0 Å². The zero-order valence-electron chi connectivity index (χ0n) is 13.5. The summed E-state index contributed by atoms with van der Waals surface area (Å²) in [5, 5.41) is 11.9. The lowest BCUT2D eigenvalue weighted by molar-refractivity contribution is -0.143. The summed E-state index contributed by atoms with van der Waals surface area (Å²) in [4.78, 5) is 26.5. The van der Waals surface area contributed by atoms with Crippen LogP contribution in [0.4, 0.5) is 5.69 Å². The number of benzene rings is 1. The topological polar surface area (TPSA) is 82.4 Å². The average molecular weight is 327 g/mol. The number of ether oxygens (including phenoxy) is 1. The van der Waals surface area contributed by atoms with E-state index < -0.39 is 0 Å². The summed E-state index contributed by atoms with van der Waals surface area (Å²) in [6, 6.07) is 9.04. The minimum Gasteiger partial charge on any atom is -0.368 e. The molecule has 1 unspecified atom stereocenters. The van der Waals surface area contributed by atoms with Gasteiger partial charge in [-0.2, -0.15) is 5.26 Å². The van der Waals surface area contributed by atoms with Crippen molar-refractivity contribution in [2.45, 2.75) is 31.8 Å². The van der Waals surface area contributed by atoms with Crippen LogP contribution in [0.1, 0.15) is 31.2 Å². The average Bonchev–Trinajstić information content (AvgIpc) is 3.16. The molecule has 0 spiro atoms. The second kappa shape index (κ2) is 7.45. The molecule has 2 saturated heterocycles. The van der Waals surface area contributed by atoms with Crippen LogP contribution < -0.4 is 5.32 Å². The summed E-state index contributed by atoms with van der Waals surface area (Å²) in [5.74, 6) is -0.159. The standard InChI is InChI=1S/C18H21N3O3/c19-12-14-4-1-2-5-15(14)20-17(22)13-7-9-21(10-8-13)18(23)16-6-3-11-24-16/h1-2,4-5,13,16H,3,6-11H2,(H,20,22). The van der Waals surface area contributed by atoms with Crippen molar-refractivity contribution in [3.8, 4) is 6.07 Å². The largest absolute Gasteiger partial charge is 0.368 e. The molecule has 2 aliphatic heterocycles. The van der Waals surface area contributed by atoms with E-state index in [2.05, 4.69) is 11.4 Å². The lowest BCUT2D eigenvalue weighted by Gasteiger charge is -2.32. The van der Waals surface area contributed by atoms with Crippen molar-refractivity contribution in [3.05, 3.63) is 29.8 Å². The number of likely N-dealkylation sites (tertiary alicyclic amines) is 1. The van der Waals surface area contributed by atoms with Crippen LogP contribution in [0.2, 0.25) is 0 Å². The number of carbonyl (C=O) groups is 2. The van der Waals surface area contributed by atoms with Crippen LogP contribution in [-0.2, 0) is 14.3 Å². The predicted molar refractivity (Wildman–Crippen MR) is 88.1 cm³/mol. The van der Waals surface area contributed by atoms with Crippen LogP contribution in [0.3, 0.4) is 0 Å². The van der Waals surface area contributed by atoms with Gasteiger partial charge in [-0.1, -0.05) is 12.1 Å². The Morgan fingerprint density at radius 2 is 1.96 bits per heavy atom. The van der Waals surface area contributed by atoms with Crippen molar-refractivity contribution in [2.75, 3.05) is 25.0 Å². The number of piperidine rings is 1. The first kappa shape index (κ1) is 16.5. The van der Waals surface area contributed by atoms with Crippen LogP contribution in [0.15, 0.2) is 24.3 Å². The molecule has 2 heterocycles. The number of rotatable bonds is 3. The fourth-order valence-corrected chi connectivity index (χ4v) is 3.26. The number of nitriles is 1. The molecule has 6 nitrogen and oxygen atoms in total. The fourth-order valence-electron chi connectivity index (χ4n) is 3.26. The Balaban J connectivity index is 1.53. The van der Waals surface area contributed by atoms with E-state index in [9.17, 15) is 9.59 Å². The molecule has 2 amide bonds. The van der Waals surface area contributed by atoms with E-state index in [1.54, 1.807) is 24.3 Å². The number of anilines is 1. The molecule has 0 aromatic heterocycles. The van der Waals surface area contributed by atoms with E-state index >= 15 is 0 Å². The third kappa shape index (κ3) is 3.57. The monoisotopic (exact) mass is 327 g/mol. The third-order valence-corrected chi connectivity index (χ3v) is 4.69. The molecule has 0 saturated carbocycles. The van der Waals surface area contributed by atoms with Crippen molar-refractivity contribution in [1.29, 1.82) is 5.26 Å². The highest BCUT2D eigenvalue weighted by atomic mass is 16.5. The molecule has 6 heteroatoms. The quantitative estimate of drug-likeness (QED) is 0.919. The Morgan fingerprint density at radius 3 is 2.62 bits per heavy atom. The maximum Gasteiger partial charge on any atom is 0.251 e. The molecular weight excluding hydrogens is 306 g/mol. The van der Waals surface area contributed by atoms with Crippen molar-refractivity contribution in [2.24, 2.45) is 5.92 Å². The molecule has 0 aliphatic carbocycles. The maximum atomic E-state index is 12.4. The first-order valence-corrected chi connectivity index (χ1v) is 8.39. The van der Waals surface area contributed by atoms with Gasteiger partial charge in [0.2, 0.25) is 5.91 Å². The molecule has 24 heavy (non-hydrogen) atoms. The van der Waals surface area contributed by atoms with E-state index in [0.717, 1.165) is 12.8 Å². The molecule has 1 aromatic rings. The number of para-hydroxylation sites is 1. The zero-order chi connectivity index (χ0) is 16.9. The molecule has 1 aromatic carbocycles. The van der Waals surface area contributed by atoms with Gasteiger partial charge in [0.25, 0.3) is 5.91 Å². The summed E-state index contributed by atoms with van der Waals surface area (Å²) >= 11 is 0. The highest BCUT2D eigenvalue weighted by Crippen LogP contribution is 2.23. The minimum absolute atomic E-state index is 0.0567. The molecule has 0 radical (unpaired) electrons. The van der Waals surface area contributed by atoms with Crippen LogP contribution in [0, 0.1) is 17.2 Å². The second-order valence-electron chi connectivity index (χ2n) is 6.25. The van der Waals surface area contributed by atoms with Gasteiger partial charge in [0.15, 0.2) is 0 Å². The summed E-state index contributed by atoms with van der Waals surface area (Å²) in [6.45, 7) is 1.82. The van der Waals surface area contributed by atoms with Crippen molar-refractivity contribution in [1.82, 2.24) is 4.90 Å². The van der Waals surface area contributed by atoms with E-state index in [1.165, 1.54) is 0 Å². The van der Waals surface area contributed by atoms with Crippen LogP contribution in [-0.4, -0.2) is 42.5 Å². The number of hydrogen-bond donors (Lipinski definition) is 1. The Morgan fingerprint density at radius 1 is 1.21 bits per heavy atom. The SMILES string of the molecule is N#Cc1ccccc1NC(=O)C1CCN(C(=O)C2CCCO2)CC1. The summed E-state index contributed by atoms with van der Waals surface area (Å²) < 4.78 is 5.45. The zero-order valence-corrected chi connectivity index (χ0v) is 13.5. The lowest BCUT2D eigenvalue weighted by Crippen LogP contribution is -2.45. The first-order chi connectivity index (χ1) is 11.7. The third-order valence-electron chi connectivity index (χ3n) is 4.69. The van der Waals surface area contributed by atoms with Crippen LogP contribution in [0.5, 0.6) is 0 Å². The Bertz CT molecular complexity index is 654. The number of amides is 2. The maximum absolute atomic E-state index is 12.4. The highest BCUT2D eigenvalue weighted by molar-refractivity contribution is 5.94. The van der Waals surface area contributed by atoms with Gasteiger partial charge in [-0.3, -0.25) is 9.59 Å². The van der Waals surface area contributed by atoms with Gasteiger partial charge in [0, 0.05) is 25.6 Å². The van der Waals surface area contributed by atoms with Crippen molar-refractivity contribution < 1.29 is 14.3 Å². The van der Waals surface area contributed by atoms with Gasteiger partial charge < -0.3 is 15.0 Å².